The van der Waals surface area contributed by atoms with E-state index in [9.17, 15) is 20.0 Å². The quantitative estimate of drug-likeness (QED) is 0.151. The molecule has 5 aliphatic rings. The summed E-state index contributed by atoms with van der Waals surface area (Å²) in [5.74, 6) is 0.0732. The first-order valence-electron chi connectivity index (χ1n) is 19.8. The van der Waals surface area contributed by atoms with E-state index in [0.29, 0.717) is 88.8 Å². The molecule has 1 spiro atoms. The van der Waals surface area contributed by atoms with E-state index in [4.69, 9.17) is 47.1 Å². The molecule has 12 nitrogen and oxygen atoms in total. The van der Waals surface area contributed by atoms with Gasteiger partial charge in [0.15, 0.2) is 5.58 Å². The number of hydrogen-bond donors (Lipinski definition) is 2. The van der Waals surface area contributed by atoms with Gasteiger partial charge in [-0.15, -0.1) is 0 Å². The maximum absolute atomic E-state index is 11.8. The van der Waals surface area contributed by atoms with Gasteiger partial charge in [-0.2, -0.15) is 10.2 Å². The number of hydrogen-bond acceptors (Lipinski definition) is 10. The fraction of sp³-hybridized carbons (Fsp3) is 0.386. The number of carbonyl (C=O) groups is 2. The summed E-state index contributed by atoms with van der Waals surface area (Å²) in [4.78, 5) is 37.6. The van der Waals surface area contributed by atoms with Crippen molar-refractivity contribution in [3.05, 3.63) is 92.0 Å². The molecule has 2 aromatic heterocycles. The first-order chi connectivity index (χ1) is 28.1. The van der Waals surface area contributed by atoms with Crippen LogP contribution in [0, 0.1) is 17.2 Å². The van der Waals surface area contributed by atoms with Crippen LogP contribution < -0.4 is 14.8 Å². The number of halogens is 2. The van der Waals surface area contributed by atoms with E-state index in [2.05, 4.69) is 33.3 Å². The van der Waals surface area contributed by atoms with Crippen LogP contribution in [-0.4, -0.2) is 75.6 Å². The average Bonchev–Trinajstić information content (AvgIpc) is 4.05. The predicted octanol–water partition coefficient (Wildman–Crippen LogP) is 7.67. The van der Waals surface area contributed by atoms with Crippen LogP contribution in [0.5, 0.6) is 11.8 Å². The average molecular weight is 820 g/mol. The molecule has 3 aromatic carbocycles. The van der Waals surface area contributed by atoms with Crippen LogP contribution >= 0.6 is 23.2 Å². The fourth-order valence-electron chi connectivity index (χ4n) is 10.1. The second kappa shape index (κ2) is 14.3. The normalized spacial score (nSPS) is 22.2. The molecule has 2 N–H and O–H groups in total. The molecule has 5 heterocycles. The minimum atomic E-state index is -0.762. The van der Waals surface area contributed by atoms with E-state index in [1.54, 1.807) is 7.11 Å². The number of aliphatic carboxylic acids is 1. The first kappa shape index (κ1) is 37.1. The number of carboxylic acid groups (broad SMARTS) is 1. The highest BCUT2D eigenvalue weighted by Crippen LogP contribution is 2.47. The van der Waals surface area contributed by atoms with Gasteiger partial charge in [-0.25, -0.2) is 4.98 Å². The van der Waals surface area contributed by atoms with Crippen LogP contribution in [0.2, 0.25) is 10.0 Å². The number of oxazole rings is 1. The van der Waals surface area contributed by atoms with Crippen molar-refractivity contribution < 1.29 is 28.6 Å². The number of nitrogens with zero attached hydrogens (tertiary/aromatic N) is 5. The molecule has 3 saturated heterocycles. The number of fused-ring (bicyclic) bond motifs is 3. The summed E-state index contributed by atoms with van der Waals surface area (Å²) in [5, 5.41) is 23.9. The molecule has 0 unspecified atom stereocenters. The Labute approximate surface area is 344 Å². The Morgan fingerprint density at radius 2 is 1.81 bits per heavy atom. The molecule has 0 bridgehead atoms. The lowest BCUT2D eigenvalue weighted by atomic mass is 9.88. The molecule has 296 valence electrons. The van der Waals surface area contributed by atoms with Gasteiger partial charge in [-0.3, -0.25) is 19.4 Å². The summed E-state index contributed by atoms with van der Waals surface area (Å²) in [6, 6.07) is 18.2. The SMILES string of the molecule is COc1nc(O[C@H]2CCc3c(-c4cccc(-c5nc6cc7c(c(C#N)c6o5)CC[C@H]7N5CC[C@@H](C(=O)O)C5)c4Cl)cccc32)c(Cl)cc1CN1CC2(CCC(=O)N2)C1. The van der Waals surface area contributed by atoms with Gasteiger partial charge in [0.2, 0.25) is 23.6 Å². The number of ether oxygens (including phenoxy) is 2. The van der Waals surface area contributed by atoms with E-state index < -0.39 is 5.97 Å². The number of carbonyl (C=O) groups excluding carboxylic acids is 1. The standard InChI is InChI=1S/C44H40Cl2N6O6/c1-56-40-24(19-51-21-44(22-51)14-12-37(53)50-44)16-33(45)42(49-40)57-36-11-9-26-25(4-2-5-28(26)36)29-6-3-7-30(38(29)46)41-48-34-17-31-27(32(18-47)39(34)58-41)8-10-35(31)52-15-13-23(20-52)43(54)55/h2-7,16-17,23,35-36H,8-15,19-22H2,1H3,(H,50,53)(H,54,55)/t23-,35-,36+/m1/s1. The van der Waals surface area contributed by atoms with Crippen molar-refractivity contribution >= 4 is 46.2 Å². The number of amides is 1. The highest BCUT2D eigenvalue weighted by Gasteiger charge is 2.47. The van der Waals surface area contributed by atoms with Crippen LogP contribution in [0.15, 0.2) is 52.9 Å². The Balaban J connectivity index is 0.905. The lowest BCUT2D eigenvalue weighted by molar-refractivity contribution is -0.141. The van der Waals surface area contributed by atoms with Gasteiger partial charge in [-0.05, 0) is 91.1 Å². The highest BCUT2D eigenvalue weighted by molar-refractivity contribution is 6.36. The predicted molar refractivity (Wildman–Crippen MR) is 216 cm³/mol. The molecule has 1 amide bonds. The van der Waals surface area contributed by atoms with E-state index in [1.807, 2.05) is 36.4 Å². The second-order valence-electron chi connectivity index (χ2n) is 16.3. The third kappa shape index (κ3) is 6.18. The van der Waals surface area contributed by atoms with E-state index in [-0.39, 0.29) is 29.5 Å². The molecule has 0 radical (unpaired) electrons. The monoisotopic (exact) mass is 818 g/mol. The number of rotatable bonds is 9. The Morgan fingerprint density at radius 3 is 2.57 bits per heavy atom. The summed E-state index contributed by atoms with van der Waals surface area (Å²) in [5.41, 5.74) is 8.80. The molecule has 5 aromatic rings. The lowest BCUT2D eigenvalue weighted by Crippen LogP contribution is -2.66. The summed E-state index contributed by atoms with van der Waals surface area (Å²) < 4.78 is 18.6. The number of nitriles is 1. The molecule has 3 aliphatic heterocycles. The smallest absolute Gasteiger partial charge is 0.307 e. The summed E-state index contributed by atoms with van der Waals surface area (Å²) in [6.07, 6.45) is 4.78. The number of carboxylic acids is 1. The molecule has 14 heteroatoms. The molecule has 0 saturated carbocycles. The fourth-order valence-corrected chi connectivity index (χ4v) is 10.6. The van der Waals surface area contributed by atoms with Crippen LogP contribution in [0.1, 0.15) is 77.6 Å². The Hall–Kier alpha value is -5.19. The minimum Gasteiger partial charge on any atom is -0.481 e. The van der Waals surface area contributed by atoms with E-state index >= 15 is 0 Å². The van der Waals surface area contributed by atoms with Crippen molar-refractivity contribution in [3.63, 3.8) is 0 Å². The van der Waals surface area contributed by atoms with E-state index in [0.717, 1.165) is 77.7 Å². The van der Waals surface area contributed by atoms with Gasteiger partial charge >= 0.3 is 5.97 Å². The third-order valence-electron chi connectivity index (χ3n) is 12.8. The van der Waals surface area contributed by atoms with Crippen molar-refractivity contribution in [3.8, 4) is 40.4 Å². The van der Waals surface area contributed by atoms with Crippen LogP contribution in [-0.2, 0) is 29.0 Å². The van der Waals surface area contributed by atoms with Gasteiger partial charge in [0.25, 0.3) is 0 Å². The molecule has 3 atom stereocenters. The number of likely N-dealkylation sites (tertiary alicyclic amines) is 2. The zero-order valence-electron chi connectivity index (χ0n) is 31.8. The van der Waals surface area contributed by atoms with Gasteiger partial charge in [0.1, 0.15) is 28.3 Å². The maximum Gasteiger partial charge on any atom is 0.307 e. The zero-order valence-corrected chi connectivity index (χ0v) is 33.3. The van der Waals surface area contributed by atoms with Crippen molar-refractivity contribution in [2.24, 2.45) is 5.92 Å². The summed E-state index contributed by atoms with van der Waals surface area (Å²) in [6.45, 7) is 3.37. The van der Waals surface area contributed by atoms with Crippen molar-refractivity contribution in [1.29, 1.82) is 5.26 Å². The van der Waals surface area contributed by atoms with Crippen LogP contribution in [0.3, 0.4) is 0 Å². The van der Waals surface area contributed by atoms with Gasteiger partial charge in [-0.1, -0.05) is 53.5 Å². The number of pyridine rings is 1. The third-order valence-corrected chi connectivity index (χ3v) is 13.5. The molecule has 2 aliphatic carbocycles. The highest BCUT2D eigenvalue weighted by atomic mass is 35.5. The zero-order chi connectivity index (χ0) is 39.9. The topological polar surface area (TPSA) is 154 Å². The second-order valence-corrected chi connectivity index (χ2v) is 17.1. The number of aromatic nitrogens is 2. The Kier molecular flexibility index (Phi) is 9.13. The Morgan fingerprint density at radius 1 is 1.02 bits per heavy atom. The van der Waals surface area contributed by atoms with Gasteiger partial charge in [0, 0.05) is 49.8 Å². The lowest BCUT2D eigenvalue weighted by Gasteiger charge is -2.48. The van der Waals surface area contributed by atoms with Crippen molar-refractivity contribution in [2.75, 3.05) is 33.3 Å². The number of benzene rings is 3. The minimum absolute atomic E-state index is 0.0383. The maximum atomic E-state index is 11.8. The van der Waals surface area contributed by atoms with Crippen LogP contribution in [0.4, 0.5) is 0 Å². The van der Waals surface area contributed by atoms with Crippen molar-refractivity contribution in [1.82, 2.24) is 25.1 Å². The first-order valence-corrected chi connectivity index (χ1v) is 20.6. The Bertz CT molecular complexity index is 2580. The largest absolute Gasteiger partial charge is 0.481 e. The van der Waals surface area contributed by atoms with Crippen molar-refractivity contribution in [2.45, 2.75) is 69.2 Å². The molecule has 3 fully saturated rings. The number of methoxy groups -OCH3 is 1. The van der Waals surface area contributed by atoms with E-state index in [1.165, 1.54) is 0 Å². The summed E-state index contributed by atoms with van der Waals surface area (Å²) in [7, 11) is 1.59. The number of nitrogens with one attached hydrogen (secondary N) is 1. The molecular formula is C44H40Cl2N6O6. The van der Waals surface area contributed by atoms with Crippen LogP contribution in [0.25, 0.3) is 33.7 Å². The van der Waals surface area contributed by atoms with Gasteiger partial charge in [0.05, 0.1) is 29.2 Å². The summed E-state index contributed by atoms with van der Waals surface area (Å²) >= 11 is 14.1. The molecule has 58 heavy (non-hydrogen) atoms. The molecule has 10 rings (SSSR count). The molecular weight excluding hydrogens is 779 g/mol. The van der Waals surface area contributed by atoms with Gasteiger partial charge < -0.3 is 24.3 Å².